The predicted molar refractivity (Wildman–Crippen MR) is 80.7 cm³/mol. The number of aromatic nitrogens is 2. The van der Waals surface area contributed by atoms with Crippen LogP contribution in [0.2, 0.25) is 0 Å². The molecule has 0 aliphatic carbocycles. The van der Waals surface area contributed by atoms with E-state index in [9.17, 15) is 14.7 Å². The van der Waals surface area contributed by atoms with E-state index in [-0.39, 0.29) is 17.5 Å². The summed E-state index contributed by atoms with van der Waals surface area (Å²) in [7, 11) is 0. The van der Waals surface area contributed by atoms with Crippen LogP contribution < -0.4 is 10.7 Å². The van der Waals surface area contributed by atoms with Crippen molar-refractivity contribution in [3.8, 4) is 0 Å². The van der Waals surface area contributed by atoms with Gasteiger partial charge in [-0.25, -0.2) is 4.98 Å². The van der Waals surface area contributed by atoms with Crippen LogP contribution in [0.15, 0.2) is 47.3 Å². The Kier molecular flexibility index (Phi) is 3.47. The Hall–Kier alpha value is -2.95. The van der Waals surface area contributed by atoms with Crippen molar-refractivity contribution in [2.24, 2.45) is 0 Å². The van der Waals surface area contributed by atoms with E-state index >= 15 is 0 Å². The number of carbonyl (C=O) groups is 1. The first kappa shape index (κ1) is 14.0. The van der Waals surface area contributed by atoms with Crippen molar-refractivity contribution in [3.05, 3.63) is 75.3 Å². The molecule has 5 heteroatoms. The largest absolute Gasteiger partial charge is 0.545 e. The van der Waals surface area contributed by atoms with Gasteiger partial charge in [0.1, 0.15) is 5.82 Å². The van der Waals surface area contributed by atoms with Crippen LogP contribution in [0.25, 0.3) is 10.9 Å². The maximum Gasteiger partial charge on any atom is 0.258 e. The lowest BCUT2D eigenvalue weighted by Crippen LogP contribution is -2.24. The SMILES string of the molecule is Cc1ccc2c(=O)[nH]c(Cc3ccccc3C(=O)[O-])nc2c1. The molecule has 0 amide bonds. The van der Waals surface area contributed by atoms with Crippen molar-refractivity contribution >= 4 is 16.9 Å². The van der Waals surface area contributed by atoms with Crippen molar-refractivity contribution in [1.29, 1.82) is 0 Å². The van der Waals surface area contributed by atoms with Gasteiger partial charge in [-0.3, -0.25) is 4.79 Å². The highest BCUT2D eigenvalue weighted by atomic mass is 16.4. The van der Waals surface area contributed by atoms with Gasteiger partial charge < -0.3 is 14.9 Å². The average Bonchev–Trinajstić information content (AvgIpc) is 2.47. The van der Waals surface area contributed by atoms with Crippen molar-refractivity contribution in [3.63, 3.8) is 0 Å². The third-order valence-corrected chi connectivity index (χ3v) is 3.51. The van der Waals surface area contributed by atoms with Crippen LogP contribution in [0.5, 0.6) is 0 Å². The van der Waals surface area contributed by atoms with Crippen molar-refractivity contribution in [2.75, 3.05) is 0 Å². The zero-order valence-electron chi connectivity index (χ0n) is 11.9. The topological polar surface area (TPSA) is 85.9 Å². The lowest BCUT2D eigenvalue weighted by Gasteiger charge is -2.10. The Morgan fingerprint density at radius 3 is 2.77 bits per heavy atom. The highest BCUT2D eigenvalue weighted by Gasteiger charge is 2.08. The molecule has 1 heterocycles. The number of fused-ring (bicyclic) bond motifs is 1. The van der Waals surface area contributed by atoms with Gasteiger partial charge >= 0.3 is 0 Å². The smallest absolute Gasteiger partial charge is 0.258 e. The number of aromatic carboxylic acids is 1. The highest BCUT2D eigenvalue weighted by molar-refractivity contribution is 5.87. The molecule has 0 unspecified atom stereocenters. The number of benzene rings is 2. The Morgan fingerprint density at radius 1 is 1.23 bits per heavy atom. The maximum absolute atomic E-state index is 12.1. The second-order valence-corrected chi connectivity index (χ2v) is 5.15. The highest BCUT2D eigenvalue weighted by Crippen LogP contribution is 2.14. The second-order valence-electron chi connectivity index (χ2n) is 5.15. The van der Waals surface area contributed by atoms with Crippen LogP contribution in [0.3, 0.4) is 0 Å². The molecule has 0 spiro atoms. The molecule has 0 fully saturated rings. The van der Waals surface area contributed by atoms with Gasteiger partial charge in [-0.2, -0.15) is 0 Å². The standard InChI is InChI=1S/C17H14N2O3/c1-10-6-7-13-14(8-10)18-15(19-16(13)20)9-11-4-2-3-5-12(11)17(21)22/h2-8H,9H2,1H3,(H,21,22)(H,18,19,20)/p-1. The van der Waals surface area contributed by atoms with Crippen LogP contribution in [0.4, 0.5) is 0 Å². The number of aryl methyl sites for hydroxylation is 1. The Bertz CT molecular complexity index is 929. The number of nitrogens with one attached hydrogen (secondary N) is 1. The molecule has 110 valence electrons. The van der Waals surface area contributed by atoms with Crippen LogP contribution in [0.1, 0.15) is 27.3 Å². The minimum Gasteiger partial charge on any atom is -0.545 e. The average molecular weight is 293 g/mol. The molecule has 3 aromatic rings. The molecule has 3 rings (SSSR count). The number of hydrogen-bond donors (Lipinski definition) is 1. The van der Waals surface area contributed by atoms with Gasteiger partial charge in [0, 0.05) is 12.0 Å². The molecule has 1 aromatic heterocycles. The van der Waals surface area contributed by atoms with Gasteiger partial charge in [-0.1, -0.05) is 30.3 Å². The van der Waals surface area contributed by atoms with Gasteiger partial charge in [-0.15, -0.1) is 0 Å². The maximum atomic E-state index is 12.1. The number of carboxylic acid groups (broad SMARTS) is 1. The summed E-state index contributed by atoms with van der Waals surface area (Å²) >= 11 is 0. The Labute approximate surface area is 126 Å². The molecule has 0 bridgehead atoms. The molecule has 0 atom stereocenters. The lowest BCUT2D eigenvalue weighted by molar-refractivity contribution is -0.255. The van der Waals surface area contributed by atoms with Gasteiger partial charge in [0.05, 0.1) is 16.9 Å². The monoisotopic (exact) mass is 293 g/mol. The third kappa shape index (κ3) is 2.61. The second kappa shape index (κ2) is 5.44. The molecule has 0 aliphatic rings. The Balaban J connectivity index is 2.08. The minimum absolute atomic E-state index is 0.106. The van der Waals surface area contributed by atoms with Crippen LogP contribution in [0, 0.1) is 6.92 Å². The van der Waals surface area contributed by atoms with Crippen LogP contribution >= 0.6 is 0 Å². The zero-order chi connectivity index (χ0) is 15.7. The Morgan fingerprint density at radius 2 is 2.00 bits per heavy atom. The summed E-state index contributed by atoms with van der Waals surface area (Å²) in [6.45, 7) is 1.92. The summed E-state index contributed by atoms with van der Waals surface area (Å²) in [4.78, 5) is 30.4. The normalized spacial score (nSPS) is 10.8. The number of rotatable bonds is 3. The number of carboxylic acids is 1. The van der Waals surface area contributed by atoms with Crippen LogP contribution in [-0.4, -0.2) is 15.9 Å². The van der Waals surface area contributed by atoms with Gasteiger partial charge in [0.25, 0.3) is 5.56 Å². The fourth-order valence-corrected chi connectivity index (χ4v) is 2.44. The van der Waals surface area contributed by atoms with E-state index in [4.69, 9.17) is 0 Å². The summed E-state index contributed by atoms with van der Waals surface area (Å²) in [5.74, 6) is -0.814. The number of nitrogens with zero attached hydrogens (tertiary/aromatic N) is 1. The first-order valence-corrected chi connectivity index (χ1v) is 6.83. The summed E-state index contributed by atoms with van der Waals surface area (Å²) in [6, 6.07) is 12.0. The van der Waals surface area contributed by atoms with E-state index in [1.807, 2.05) is 19.1 Å². The molecule has 0 aliphatic heterocycles. The molecule has 1 N–H and O–H groups in total. The molecule has 5 nitrogen and oxygen atoms in total. The summed E-state index contributed by atoms with van der Waals surface area (Å²) in [6.07, 6.45) is 0.225. The van der Waals surface area contributed by atoms with E-state index in [2.05, 4.69) is 9.97 Å². The zero-order valence-corrected chi connectivity index (χ0v) is 11.9. The van der Waals surface area contributed by atoms with Crippen molar-refractivity contribution < 1.29 is 9.90 Å². The number of H-pyrrole nitrogens is 1. The van der Waals surface area contributed by atoms with Crippen molar-refractivity contribution in [2.45, 2.75) is 13.3 Å². The van der Waals surface area contributed by atoms with E-state index in [1.54, 1.807) is 24.3 Å². The molecular weight excluding hydrogens is 280 g/mol. The molecule has 22 heavy (non-hydrogen) atoms. The molecular formula is C17H13N2O3-. The van der Waals surface area contributed by atoms with Crippen molar-refractivity contribution in [1.82, 2.24) is 9.97 Å². The lowest BCUT2D eigenvalue weighted by atomic mass is 10.0. The number of hydrogen-bond acceptors (Lipinski definition) is 4. The third-order valence-electron chi connectivity index (χ3n) is 3.51. The first-order valence-electron chi connectivity index (χ1n) is 6.83. The predicted octanol–water partition coefficient (Wildman–Crippen LogP) is 1.19. The van der Waals surface area contributed by atoms with E-state index < -0.39 is 5.97 Å². The fourth-order valence-electron chi connectivity index (χ4n) is 2.44. The number of aromatic amines is 1. The fraction of sp³-hybridized carbons (Fsp3) is 0.118. The minimum atomic E-state index is -1.24. The molecule has 0 saturated heterocycles. The van der Waals surface area contributed by atoms with E-state index in [1.165, 1.54) is 6.07 Å². The number of carbonyl (C=O) groups excluding carboxylic acids is 1. The molecule has 2 aromatic carbocycles. The van der Waals surface area contributed by atoms with E-state index in [0.29, 0.717) is 22.3 Å². The molecule has 0 radical (unpaired) electrons. The molecule has 0 saturated carbocycles. The summed E-state index contributed by atoms with van der Waals surface area (Å²) < 4.78 is 0. The van der Waals surface area contributed by atoms with Crippen LogP contribution in [-0.2, 0) is 6.42 Å². The van der Waals surface area contributed by atoms with Gasteiger partial charge in [0.2, 0.25) is 0 Å². The summed E-state index contributed by atoms with van der Waals surface area (Å²) in [5.41, 5.74) is 2.04. The van der Waals surface area contributed by atoms with Gasteiger partial charge in [-0.05, 0) is 30.2 Å². The quantitative estimate of drug-likeness (QED) is 0.786. The van der Waals surface area contributed by atoms with Gasteiger partial charge in [0.15, 0.2) is 0 Å². The first-order chi connectivity index (χ1) is 10.5. The van der Waals surface area contributed by atoms with E-state index in [0.717, 1.165) is 5.56 Å². The summed E-state index contributed by atoms with van der Waals surface area (Å²) in [5, 5.41) is 11.6.